The second kappa shape index (κ2) is 6.33. The van der Waals surface area contributed by atoms with Crippen molar-refractivity contribution in [1.29, 1.82) is 0 Å². The van der Waals surface area contributed by atoms with Crippen molar-refractivity contribution in [3.8, 4) is 9.88 Å². The van der Waals surface area contributed by atoms with Crippen LogP contribution in [0, 0.1) is 0 Å². The van der Waals surface area contributed by atoms with Crippen LogP contribution in [0.4, 0.5) is 5.82 Å². The molecule has 24 heavy (non-hydrogen) atoms. The minimum absolute atomic E-state index is 0.371. The van der Waals surface area contributed by atoms with Gasteiger partial charge in [0, 0.05) is 23.2 Å². The molecular weight excluding hydrogens is 338 g/mol. The van der Waals surface area contributed by atoms with Gasteiger partial charge in [0.2, 0.25) is 0 Å². The van der Waals surface area contributed by atoms with Crippen molar-refractivity contribution in [1.82, 2.24) is 19.6 Å². The van der Waals surface area contributed by atoms with Gasteiger partial charge in [-0.2, -0.15) is 9.61 Å². The highest BCUT2D eigenvalue weighted by atomic mass is 32.1. The molecule has 0 amide bonds. The summed E-state index contributed by atoms with van der Waals surface area (Å²) in [5.41, 5.74) is 2.95. The van der Waals surface area contributed by atoms with E-state index in [-0.39, 0.29) is 0 Å². The number of hydrogen-bond acceptors (Lipinski definition) is 6. The Morgan fingerprint density at radius 1 is 1.21 bits per heavy atom. The van der Waals surface area contributed by atoms with Crippen molar-refractivity contribution < 1.29 is 0 Å². The van der Waals surface area contributed by atoms with E-state index in [1.807, 2.05) is 10.6 Å². The lowest BCUT2D eigenvalue weighted by Crippen LogP contribution is -2.08. The SMILES string of the molecule is CC(C)c1cc(NCc2csc(-c3cccs3)n2)n2nccc2n1. The van der Waals surface area contributed by atoms with E-state index in [1.165, 1.54) is 4.88 Å². The second-order valence-corrected chi connectivity index (χ2v) is 7.60. The Morgan fingerprint density at radius 2 is 2.12 bits per heavy atom. The third kappa shape index (κ3) is 2.92. The highest BCUT2D eigenvalue weighted by molar-refractivity contribution is 7.20. The molecule has 4 aromatic rings. The Kier molecular flexibility index (Phi) is 4.03. The van der Waals surface area contributed by atoms with Crippen LogP contribution in [0.1, 0.15) is 31.2 Å². The van der Waals surface area contributed by atoms with Gasteiger partial charge in [-0.25, -0.2) is 9.97 Å². The molecule has 1 N–H and O–H groups in total. The van der Waals surface area contributed by atoms with Gasteiger partial charge in [0.25, 0.3) is 0 Å². The van der Waals surface area contributed by atoms with Gasteiger partial charge in [0.1, 0.15) is 10.8 Å². The van der Waals surface area contributed by atoms with Crippen LogP contribution in [0.2, 0.25) is 0 Å². The Morgan fingerprint density at radius 3 is 2.92 bits per heavy atom. The first kappa shape index (κ1) is 15.3. The topological polar surface area (TPSA) is 55.1 Å². The molecule has 7 heteroatoms. The van der Waals surface area contributed by atoms with Crippen LogP contribution in [0.5, 0.6) is 0 Å². The molecule has 0 bridgehead atoms. The average Bonchev–Trinajstić information content (AvgIpc) is 3.31. The minimum atomic E-state index is 0.371. The third-order valence-electron chi connectivity index (χ3n) is 3.71. The fourth-order valence-corrected chi connectivity index (χ4v) is 4.07. The van der Waals surface area contributed by atoms with Crippen LogP contribution in [0.15, 0.2) is 41.2 Å². The summed E-state index contributed by atoms with van der Waals surface area (Å²) in [6.45, 7) is 4.96. The lowest BCUT2D eigenvalue weighted by molar-refractivity contribution is 0.808. The normalized spacial score (nSPS) is 11.5. The van der Waals surface area contributed by atoms with Crippen molar-refractivity contribution >= 4 is 34.1 Å². The van der Waals surface area contributed by atoms with Crippen molar-refractivity contribution in [2.45, 2.75) is 26.3 Å². The Labute approximate surface area is 148 Å². The minimum Gasteiger partial charge on any atom is -0.364 e. The van der Waals surface area contributed by atoms with Gasteiger partial charge in [0.15, 0.2) is 5.65 Å². The summed E-state index contributed by atoms with van der Waals surface area (Å²) in [6.07, 6.45) is 1.77. The van der Waals surface area contributed by atoms with Gasteiger partial charge in [-0.1, -0.05) is 19.9 Å². The van der Waals surface area contributed by atoms with Crippen LogP contribution in [-0.4, -0.2) is 19.6 Å². The number of thiazole rings is 1. The second-order valence-electron chi connectivity index (χ2n) is 5.80. The van der Waals surface area contributed by atoms with E-state index in [0.29, 0.717) is 12.5 Å². The number of aromatic nitrogens is 4. The first-order valence-corrected chi connectivity index (χ1v) is 9.53. The van der Waals surface area contributed by atoms with Crippen molar-refractivity contribution in [3.63, 3.8) is 0 Å². The fourth-order valence-electron chi connectivity index (χ4n) is 2.44. The highest BCUT2D eigenvalue weighted by Gasteiger charge is 2.10. The van der Waals surface area contributed by atoms with Crippen LogP contribution >= 0.6 is 22.7 Å². The maximum Gasteiger partial charge on any atom is 0.157 e. The lowest BCUT2D eigenvalue weighted by Gasteiger charge is -2.11. The molecule has 0 saturated heterocycles. The third-order valence-corrected chi connectivity index (χ3v) is 5.64. The number of nitrogens with zero attached hydrogens (tertiary/aromatic N) is 4. The molecule has 0 aliphatic carbocycles. The number of rotatable bonds is 5. The molecule has 0 radical (unpaired) electrons. The summed E-state index contributed by atoms with van der Waals surface area (Å²) in [7, 11) is 0. The maximum atomic E-state index is 4.71. The summed E-state index contributed by atoms with van der Waals surface area (Å²) >= 11 is 3.40. The fraction of sp³-hybridized carbons (Fsp3) is 0.235. The summed E-state index contributed by atoms with van der Waals surface area (Å²) in [5, 5.41) is 13.1. The van der Waals surface area contributed by atoms with E-state index in [2.05, 4.69) is 58.2 Å². The standard InChI is InChI=1S/C17H17N5S2/c1-11(2)13-8-16(22-15(21-13)5-6-19-22)18-9-12-10-24-17(20-12)14-4-3-7-23-14/h3-8,10-11,18H,9H2,1-2H3. The number of hydrogen-bond donors (Lipinski definition) is 1. The van der Waals surface area contributed by atoms with Crippen LogP contribution in [0.25, 0.3) is 15.5 Å². The molecule has 0 atom stereocenters. The Balaban J connectivity index is 1.57. The van der Waals surface area contributed by atoms with E-state index in [4.69, 9.17) is 4.98 Å². The van der Waals surface area contributed by atoms with Crippen molar-refractivity contribution in [2.24, 2.45) is 0 Å². The first-order valence-electron chi connectivity index (χ1n) is 7.77. The zero-order chi connectivity index (χ0) is 16.5. The Bertz CT molecular complexity index is 953. The van der Waals surface area contributed by atoms with Gasteiger partial charge in [-0.05, 0) is 17.4 Å². The predicted octanol–water partition coefficient (Wildman–Crippen LogP) is 4.65. The van der Waals surface area contributed by atoms with Gasteiger partial charge in [0.05, 0.1) is 23.3 Å². The predicted molar refractivity (Wildman–Crippen MR) is 99.8 cm³/mol. The van der Waals surface area contributed by atoms with E-state index in [1.54, 1.807) is 28.9 Å². The molecule has 0 unspecified atom stereocenters. The molecule has 0 fully saturated rings. The quantitative estimate of drug-likeness (QED) is 0.566. The molecule has 0 spiro atoms. The molecule has 122 valence electrons. The smallest absolute Gasteiger partial charge is 0.157 e. The molecular formula is C17H17N5S2. The molecule has 0 aliphatic rings. The molecule has 4 aromatic heterocycles. The van der Waals surface area contributed by atoms with Gasteiger partial charge < -0.3 is 5.32 Å². The number of nitrogens with one attached hydrogen (secondary N) is 1. The first-order chi connectivity index (χ1) is 11.7. The molecule has 4 heterocycles. The number of anilines is 1. The summed E-state index contributed by atoms with van der Waals surface area (Å²) in [4.78, 5) is 10.6. The van der Waals surface area contributed by atoms with Crippen LogP contribution in [-0.2, 0) is 6.54 Å². The van der Waals surface area contributed by atoms with Crippen molar-refractivity contribution in [2.75, 3.05) is 5.32 Å². The summed E-state index contributed by atoms with van der Waals surface area (Å²) in [6, 6.07) is 8.15. The molecule has 0 aliphatic heterocycles. The lowest BCUT2D eigenvalue weighted by atomic mass is 10.1. The van der Waals surface area contributed by atoms with E-state index in [0.717, 1.165) is 27.9 Å². The molecule has 5 nitrogen and oxygen atoms in total. The van der Waals surface area contributed by atoms with Gasteiger partial charge in [-0.3, -0.25) is 0 Å². The van der Waals surface area contributed by atoms with E-state index < -0.39 is 0 Å². The molecule has 4 rings (SSSR count). The van der Waals surface area contributed by atoms with Crippen molar-refractivity contribution in [3.05, 3.63) is 52.6 Å². The maximum absolute atomic E-state index is 4.71. The Hall–Kier alpha value is -2.25. The molecule has 0 saturated carbocycles. The number of thiophene rings is 1. The zero-order valence-corrected chi connectivity index (χ0v) is 15.1. The summed E-state index contributed by atoms with van der Waals surface area (Å²) < 4.78 is 1.83. The van der Waals surface area contributed by atoms with Crippen LogP contribution in [0.3, 0.4) is 0 Å². The monoisotopic (exact) mass is 355 g/mol. The zero-order valence-electron chi connectivity index (χ0n) is 13.4. The average molecular weight is 355 g/mol. The van der Waals surface area contributed by atoms with E-state index >= 15 is 0 Å². The number of fused-ring (bicyclic) bond motifs is 1. The van der Waals surface area contributed by atoms with Crippen LogP contribution < -0.4 is 5.32 Å². The summed E-state index contributed by atoms with van der Waals surface area (Å²) in [5.74, 6) is 1.31. The highest BCUT2D eigenvalue weighted by Crippen LogP contribution is 2.28. The molecule has 0 aromatic carbocycles. The van der Waals surface area contributed by atoms with Gasteiger partial charge in [-0.15, -0.1) is 22.7 Å². The largest absolute Gasteiger partial charge is 0.364 e. The van der Waals surface area contributed by atoms with Gasteiger partial charge >= 0.3 is 0 Å². The van der Waals surface area contributed by atoms with E-state index in [9.17, 15) is 0 Å².